The van der Waals surface area contributed by atoms with Gasteiger partial charge in [0, 0.05) is 17.8 Å². The number of unbranched alkanes of at least 4 members (excludes halogenated alkanes) is 3. The third-order valence-corrected chi connectivity index (χ3v) is 5.45. The predicted octanol–water partition coefficient (Wildman–Crippen LogP) is 4.72. The monoisotopic (exact) mass is 451 g/mol. The first-order chi connectivity index (χ1) is 15.9. The van der Waals surface area contributed by atoms with Crippen LogP contribution in [0.1, 0.15) is 67.4 Å². The number of nitrogens with one attached hydrogen (secondary N) is 2. The lowest BCUT2D eigenvalue weighted by atomic mass is 10.0. The number of carbonyl (C=O) groups is 3. The summed E-state index contributed by atoms with van der Waals surface area (Å²) in [5.41, 5.74) is 3.58. The van der Waals surface area contributed by atoms with Crippen molar-refractivity contribution in [1.29, 1.82) is 0 Å². The maximum Gasteiger partial charge on any atom is 0.254 e. The van der Waals surface area contributed by atoms with E-state index >= 15 is 0 Å². The topological polar surface area (TPSA) is 78.5 Å². The predicted molar refractivity (Wildman–Crippen MR) is 133 cm³/mol. The van der Waals surface area contributed by atoms with Gasteiger partial charge in [0.2, 0.25) is 11.8 Å². The van der Waals surface area contributed by atoms with Crippen LogP contribution in [0.4, 0.5) is 5.69 Å². The molecule has 0 aliphatic rings. The van der Waals surface area contributed by atoms with Crippen LogP contribution in [0, 0.1) is 6.92 Å². The summed E-state index contributed by atoms with van der Waals surface area (Å²) in [6, 6.07) is 15.1. The Bertz CT molecular complexity index is 892. The molecule has 0 aliphatic carbocycles. The van der Waals surface area contributed by atoms with E-state index in [1.54, 1.807) is 4.90 Å². The summed E-state index contributed by atoms with van der Waals surface area (Å²) in [4.78, 5) is 39.2. The Kier molecular flexibility index (Phi) is 11.1. The number of anilines is 1. The summed E-state index contributed by atoms with van der Waals surface area (Å²) in [7, 11) is 0. The normalized spacial score (nSPS) is 10.5. The molecule has 0 fully saturated rings. The number of nitrogens with zero attached hydrogens (tertiary/aromatic N) is 1. The number of aryl methyl sites for hydroxylation is 2. The zero-order valence-corrected chi connectivity index (χ0v) is 20.2. The number of carbonyl (C=O) groups excluding carboxylic acids is 3. The standard InChI is InChI=1S/C27H37N3O3/c1-4-6-8-9-22-12-14-23(15-13-22)27(33)30(18-7-5-2)20-26(32)28-19-25(31)29-24-16-10-21(3)11-17-24/h10-17H,4-9,18-20H2,1-3H3,(H,28,32)(H,29,31). The summed E-state index contributed by atoms with van der Waals surface area (Å²) in [5.74, 6) is -0.824. The van der Waals surface area contributed by atoms with E-state index in [-0.39, 0.29) is 30.8 Å². The molecule has 2 rings (SSSR count). The second-order valence-corrected chi connectivity index (χ2v) is 8.43. The van der Waals surface area contributed by atoms with Gasteiger partial charge in [-0.25, -0.2) is 0 Å². The molecule has 0 atom stereocenters. The summed E-state index contributed by atoms with van der Waals surface area (Å²) in [5, 5.41) is 5.37. The van der Waals surface area contributed by atoms with E-state index in [4.69, 9.17) is 0 Å². The summed E-state index contributed by atoms with van der Waals surface area (Å²) >= 11 is 0. The molecule has 0 aromatic heterocycles. The smallest absolute Gasteiger partial charge is 0.254 e. The van der Waals surface area contributed by atoms with E-state index in [9.17, 15) is 14.4 Å². The van der Waals surface area contributed by atoms with E-state index in [0.29, 0.717) is 17.8 Å². The molecule has 0 heterocycles. The Hall–Kier alpha value is -3.15. The number of benzene rings is 2. The SMILES string of the molecule is CCCCCc1ccc(C(=O)N(CCCC)CC(=O)NCC(=O)Nc2ccc(C)cc2)cc1. The van der Waals surface area contributed by atoms with Gasteiger partial charge in [-0.3, -0.25) is 14.4 Å². The Morgan fingerprint density at radius 2 is 1.48 bits per heavy atom. The van der Waals surface area contributed by atoms with Crippen LogP contribution in [-0.2, 0) is 16.0 Å². The zero-order chi connectivity index (χ0) is 24.1. The second-order valence-electron chi connectivity index (χ2n) is 8.43. The number of hydrogen-bond acceptors (Lipinski definition) is 3. The van der Waals surface area contributed by atoms with Crippen LogP contribution in [0.2, 0.25) is 0 Å². The van der Waals surface area contributed by atoms with Gasteiger partial charge in [0.15, 0.2) is 0 Å². The molecule has 3 amide bonds. The minimum absolute atomic E-state index is 0.0745. The molecule has 0 aliphatic heterocycles. The maximum atomic E-state index is 13.0. The van der Waals surface area contributed by atoms with E-state index in [1.165, 1.54) is 18.4 Å². The van der Waals surface area contributed by atoms with Crippen molar-refractivity contribution in [3.05, 3.63) is 65.2 Å². The third-order valence-electron chi connectivity index (χ3n) is 5.45. The van der Waals surface area contributed by atoms with Crippen LogP contribution < -0.4 is 10.6 Å². The Balaban J connectivity index is 1.89. The Labute approximate surface area is 197 Å². The molecule has 0 spiro atoms. The molecule has 0 saturated carbocycles. The average Bonchev–Trinajstić information content (AvgIpc) is 2.82. The molecular formula is C27H37N3O3. The van der Waals surface area contributed by atoms with E-state index < -0.39 is 0 Å². The first-order valence-corrected chi connectivity index (χ1v) is 11.9. The first kappa shape index (κ1) is 26.1. The molecule has 6 nitrogen and oxygen atoms in total. The lowest BCUT2D eigenvalue weighted by Crippen LogP contribution is -2.43. The van der Waals surface area contributed by atoms with Crippen molar-refractivity contribution >= 4 is 23.4 Å². The molecular weight excluding hydrogens is 414 g/mol. The summed E-state index contributed by atoms with van der Waals surface area (Å²) in [6.45, 7) is 6.47. The van der Waals surface area contributed by atoms with Gasteiger partial charge in [-0.1, -0.05) is 62.9 Å². The Morgan fingerprint density at radius 3 is 2.12 bits per heavy atom. The molecule has 33 heavy (non-hydrogen) atoms. The van der Waals surface area contributed by atoms with Crippen molar-refractivity contribution in [2.24, 2.45) is 0 Å². The van der Waals surface area contributed by atoms with E-state index in [1.807, 2.05) is 62.4 Å². The highest BCUT2D eigenvalue weighted by Crippen LogP contribution is 2.12. The molecule has 178 valence electrons. The highest BCUT2D eigenvalue weighted by Gasteiger charge is 2.19. The van der Waals surface area contributed by atoms with Gasteiger partial charge in [0.05, 0.1) is 13.1 Å². The molecule has 6 heteroatoms. The average molecular weight is 452 g/mol. The number of hydrogen-bond donors (Lipinski definition) is 2. The molecule has 2 aromatic carbocycles. The van der Waals surface area contributed by atoms with E-state index in [2.05, 4.69) is 17.6 Å². The summed E-state index contributed by atoms with van der Waals surface area (Å²) in [6.07, 6.45) is 6.25. The fourth-order valence-electron chi connectivity index (χ4n) is 3.43. The highest BCUT2D eigenvalue weighted by atomic mass is 16.2. The summed E-state index contributed by atoms with van der Waals surface area (Å²) < 4.78 is 0. The molecule has 0 saturated heterocycles. The van der Waals surface area contributed by atoms with Crippen molar-refractivity contribution in [3.63, 3.8) is 0 Å². The number of amides is 3. The minimum Gasteiger partial charge on any atom is -0.345 e. The lowest BCUT2D eigenvalue weighted by molar-refractivity contribution is -0.124. The van der Waals surface area contributed by atoms with Gasteiger partial charge in [0.1, 0.15) is 0 Å². The van der Waals surface area contributed by atoms with Crippen LogP contribution in [0.3, 0.4) is 0 Å². The van der Waals surface area contributed by atoms with Crippen LogP contribution in [-0.4, -0.2) is 42.3 Å². The van der Waals surface area contributed by atoms with Gasteiger partial charge in [-0.2, -0.15) is 0 Å². The first-order valence-electron chi connectivity index (χ1n) is 11.9. The van der Waals surface area contributed by atoms with Crippen LogP contribution in [0.25, 0.3) is 0 Å². The third kappa shape index (κ3) is 9.48. The second kappa shape index (κ2) is 14.1. The molecule has 0 unspecified atom stereocenters. The molecule has 2 N–H and O–H groups in total. The van der Waals surface area contributed by atoms with Crippen LogP contribution in [0.5, 0.6) is 0 Å². The van der Waals surface area contributed by atoms with Crippen molar-refractivity contribution < 1.29 is 14.4 Å². The lowest BCUT2D eigenvalue weighted by Gasteiger charge is -2.22. The van der Waals surface area contributed by atoms with Crippen molar-refractivity contribution in [3.8, 4) is 0 Å². The quantitative estimate of drug-likeness (QED) is 0.432. The number of rotatable bonds is 13. The van der Waals surface area contributed by atoms with Gasteiger partial charge < -0.3 is 15.5 Å². The highest BCUT2D eigenvalue weighted by molar-refractivity contribution is 5.98. The zero-order valence-electron chi connectivity index (χ0n) is 20.2. The van der Waals surface area contributed by atoms with Gasteiger partial charge in [0.25, 0.3) is 5.91 Å². The Morgan fingerprint density at radius 1 is 0.818 bits per heavy atom. The van der Waals surface area contributed by atoms with Crippen molar-refractivity contribution in [1.82, 2.24) is 10.2 Å². The maximum absolute atomic E-state index is 13.0. The molecule has 2 aromatic rings. The molecule has 0 radical (unpaired) electrons. The molecule has 0 bridgehead atoms. The largest absolute Gasteiger partial charge is 0.345 e. The minimum atomic E-state index is -0.352. The van der Waals surface area contributed by atoms with Crippen molar-refractivity contribution in [2.75, 3.05) is 25.0 Å². The van der Waals surface area contributed by atoms with Crippen LogP contribution in [0.15, 0.2) is 48.5 Å². The van der Waals surface area contributed by atoms with Gasteiger partial charge >= 0.3 is 0 Å². The van der Waals surface area contributed by atoms with Gasteiger partial charge in [-0.05, 0) is 56.0 Å². The van der Waals surface area contributed by atoms with Crippen LogP contribution >= 0.6 is 0 Å². The van der Waals surface area contributed by atoms with E-state index in [0.717, 1.165) is 31.2 Å². The van der Waals surface area contributed by atoms with Gasteiger partial charge in [-0.15, -0.1) is 0 Å². The fraction of sp³-hybridized carbons (Fsp3) is 0.444. The van der Waals surface area contributed by atoms with Crippen molar-refractivity contribution in [2.45, 2.75) is 59.3 Å². The fourth-order valence-corrected chi connectivity index (χ4v) is 3.43.